The van der Waals surface area contributed by atoms with Gasteiger partial charge < -0.3 is 15.1 Å². The number of rotatable bonds is 3. The Hall–Kier alpha value is -3.49. The summed E-state index contributed by atoms with van der Waals surface area (Å²) in [6.45, 7) is 2.39. The Bertz CT molecular complexity index is 923. The smallest absolute Gasteiger partial charge is 0.321 e. The molecule has 2 aromatic heterocycles. The molecule has 9 heteroatoms. The molecule has 3 aromatic rings. The third-order valence-electron chi connectivity index (χ3n) is 4.37. The molecule has 1 fully saturated rings. The van der Waals surface area contributed by atoms with Crippen LogP contribution in [0.15, 0.2) is 55.4 Å². The van der Waals surface area contributed by atoms with Crippen molar-refractivity contribution in [2.24, 2.45) is 0 Å². The summed E-state index contributed by atoms with van der Waals surface area (Å²) in [5.74, 6) is 1.16. The van der Waals surface area contributed by atoms with Crippen molar-refractivity contribution >= 4 is 17.5 Å². The summed E-state index contributed by atoms with van der Waals surface area (Å²) in [5, 5.41) is 2.73. The van der Waals surface area contributed by atoms with E-state index in [0.29, 0.717) is 31.9 Å². The molecule has 0 aliphatic carbocycles. The van der Waals surface area contributed by atoms with Crippen LogP contribution in [0.3, 0.4) is 0 Å². The van der Waals surface area contributed by atoms with Crippen molar-refractivity contribution in [3.63, 3.8) is 0 Å². The van der Waals surface area contributed by atoms with Gasteiger partial charge in [-0.3, -0.25) is 4.57 Å². The maximum atomic E-state index is 13.2. The van der Waals surface area contributed by atoms with E-state index in [9.17, 15) is 9.18 Å². The molecule has 138 valence electrons. The Kier molecular flexibility index (Phi) is 4.65. The number of urea groups is 1. The topological polar surface area (TPSA) is 79.2 Å². The second-order valence-corrected chi connectivity index (χ2v) is 6.12. The van der Waals surface area contributed by atoms with Crippen molar-refractivity contribution in [1.82, 2.24) is 24.4 Å². The Labute approximate surface area is 155 Å². The number of anilines is 2. The minimum Gasteiger partial charge on any atom is -0.353 e. The largest absolute Gasteiger partial charge is 0.353 e. The van der Waals surface area contributed by atoms with Crippen molar-refractivity contribution in [3.05, 3.63) is 61.2 Å². The van der Waals surface area contributed by atoms with Crippen molar-refractivity contribution in [3.8, 4) is 5.82 Å². The second kappa shape index (κ2) is 7.40. The van der Waals surface area contributed by atoms with Crippen LogP contribution in [0, 0.1) is 5.82 Å². The summed E-state index contributed by atoms with van der Waals surface area (Å²) >= 11 is 0. The van der Waals surface area contributed by atoms with Crippen LogP contribution >= 0.6 is 0 Å². The number of hydrogen-bond donors (Lipinski definition) is 1. The molecule has 2 amide bonds. The van der Waals surface area contributed by atoms with Crippen molar-refractivity contribution in [2.45, 2.75) is 0 Å². The van der Waals surface area contributed by atoms with Gasteiger partial charge in [0, 0.05) is 50.3 Å². The molecule has 27 heavy (non-hydrogen) atoms. The molecule has 0 radical (unpaired) electrons. The minimum atomic E-state index is -0.380. The zero-order valence-electron chi connectivity index (χ0n) is 14.5. The van der Waals surface area contributed by atoms with E-state index in [1.165, 1.54) is 18.5 Å². The van der Waals surface area contributed by atoms with E-state index in [0.717, 1.165) is 11.6 Å². The Morgan fingerprint density at radius 1 is 1.07 bits per heavy atom. The first-order valence-corrected chi connectivity index (χ1v) is 8.56. The fourth-order valence-corrected chi connectivity index (χ4v) is 2.95. The van der Waals surface area contributed by atoms with Crippen LogP contribution in [0.5, 0.6) is 0 Å². The SMILES string of the molecule is O=C(Nc1cccc(F)c1)N1CCN(c2cc(-n3ccnc3)ncn2)CC1. The van der Waals surface area contributed by atoms with E-state index >= 15 is 0 Å². The predicted octanol–water partition coefficient (Wildman–Crippen LogP) is 2.16. The van der Waals surface area contributed by atoms with Crippen LogP contribution in [0.25, 0.3) is 5.82 Å². The van der Waals surface area contributed by atoms with Gasteiger partial charge in [0.15, 0.2) is 0 Å². The van der Waals surface area contributed by atoms with Crippen LogP contribution in [-0.4, -0.2) is 56.6 Å². The number of aromatic nitrogens is 4. The molecule has 0 unspecified atom stereocenters. The highest BCUT2D eigenvalue weighted by molar-refractivity contribution is 5.89. The highest BCUT2D eigenvalue weighted by Gasteiger charge is 2.22. The standard InChI is InChI=1S/C18H18FN7O/c19-14-2-1-3-15(10-14)23-18(27)25-8-6-24(7-9-25)16-11-17(22-12-21-16)26-5-4-20-13-26/h1-5,10-13H,6-9H2,(H,23,27). The molecule has 8 nitrogen and oxygen atoms in total. The predicted molar refractivity (Wildman–Crippen MR) is 98.4 cm³/mol. The maximum Gasteiger partial charge on any atom is 0.321 e. The number of hydrogen-bond acceptors (Lipinski definition) is 5. The highest BCUT2D eigenvalue weighted by atomic mass is 19.1. The molecule has 0 atom stereocenters. The minimum absolute atomic E-state index is 0.234. The summed E-state index contributed by atoms with van der Waals surface area (Å²) in [6.07, 6.45) is 6.72. The molecule has 1 aromatic carbocycles. The van der Waals surface area contributed by atoms with E-state index in [4.69, 9.17) is 0 Å². The zero-order valence-corrected chi connectivity index (χ0v) is 14.5. The summed E-state index contributed by atoms with van der Waals surface area (Å²) < 4.78 is 15.1. The fraction of sp³-hybridized carbons (Fsp3) is 0.222. The molecule has 1 saturated heterocycles. The summed E-state index contributed by atoms with van der Waals surface area (Å²) in [7, 11) is 0. The second-order valence-electron chi connectivity index (χ2n) is 6.12. The van der Waals surface area contributed by atoms with Crippen LogP contribution in [0.4, 0.5) is 20.7 Å². The first-order valence-electron chi connectivity index (χ1n) is 8.56. The Morgan fingerprint density at radius 3 is 2.63 bits per heavy atom. The number of benzene rings is 1. The van der Waals surface area contributed by atoms with Crippen LogP contribution in [0.2, 0.25) is 0 Å². The molecule has 1 N–H and O–H groups in total. The van der Waals surface area contributed by atoms with Gasteiger partial charge in [0.25, 0.3) is 0 Å². The lowest BCUT2D eigenvalue weighted by Gasteiger charge is -2.35. The monoisotopic (exact) mass is 367 g/mol. The normalized spacial score (nSPS) is 14.3. The van der Waals surface area contributed by atoms with Gasteiger partial charge in [-0.15, -0.1) is 0 Å². The molecule has 3 heterocycles. The van der Waals surface area contributed by atoms with Crippen LogP contribution in [-0.2, 0) is 0 Å². The number of imidazole rings is 1. The summed E-state index contributed by atoms with van der Waals surface area (Å²) in [5.41, 5.74) is 0.447. The van der Waals surface area contributed by atoms with Gasteiger partial charge in [-0.25, -0.2) is 24.1 Å². The third kappa shape index (κ3) is 3.86. The number of amides is 2. The first kappa shape index (κ1) is 17.0. The summed E-state index contributed by atoms with van der Waals surface area (Å²) in [4.78, 5) is 28.8. The van der Waals surface area contributed by atoms with Crippen molar-refractivity contribution < 1.29 is 9.18 Å². The molecule has 1 aliphatic heterocycles. The number of piperazine rings is 1. The number of halogens is 1. The lowest BCUT2D eigenvalue weighted by atomic mass is 10.3. The van der Waals surface area contributed by atoms with E-state index in [1.54, 1.807) is 29.6 Å². The molecule has 0 spiro atoms. The molecule has 0 bridgehead atoms. The van der Waals surface area contributed by atoms with E-state index in [2.05, 4.69) is 25.2 Å². The average Bonchev–Trinajstić information content (AvgIpc) is 3.23. The van der Waals surface area contributed by atoms with E-state index < -0.39 is 0 Å². The van der Waals surface area contributed by atoms with Gasteiger partial charge in [-0.1, -0.05) is 6.07 Å². The Morgan fingerprint density at radius 2 is 1.89 bits per heavy atom. The van der Waals surface area contributed by atoms with E-state index in [-0.39, 0.29) is 11.8 Å². The van der Waals surface area contributed by atoms with Gasteiger partial charge in [0.05, 0.1) is 0 Å². The number of nitrogens with one attached hydrogen (secondary N) is 1. The summed E-state index contributed by atoms with van der Waals surface area (Å²) in [6, 6.07) is 7.53. The van der Waals surface area contributed by atoms with Gasteiger partial charge in [0.2, 0.25) is 0 Å². The Balaban J connectivity index is 1.37. The van der Waals surface area contributed by atoms with E-state index in [1.807, 2.05) is 16.8 Å². The lowest BCUT2D eigenvalue weighted by Crippen LogP contribution is -2.50. The quantitative estimate of drug-likeness (QED) is 0.767. The van der Waals surface area contributed by atoms with Crippen molar-refractivity contribution in [2.75, 3.05) is 36.4 Å². The average molecular weight is 367 g/mol. The number of nitrogens with zero attached hydrogens (tertiary/aromatic N) is 6. The van der Waals surface area contributed by atoms with Crippen LogP contribution in [0.1, 0.15) is 0 Å². The van der Waals surface area contributed by atoms with Crippen LogP contribution < -0.4 is 10.2 Å². The van der Waals surface area contributed by atoms with Gasteiger partial charge in [0.1, 0.15) is 30.1 Å². The van der Waals surface area contributed by atoms with Gasteiger partial charge >= 0.3 is 6.03 Å². The molecule has 4 rings (SSSR count). The fourth-order valence-electron chi connectivity index (χ4n) is 2.95. The highest BCUT2D eigenvalue weighted by Crippen LogP contribution is 2.17. The molecular formula is C18H18FN7O. The maximum absolute atomic E-state index is 13.2. The number of carbonyl (C=O) groups is 1. The first-order chi connectivity index (χ1) is 13.2. The van der Waals surface area contributed by atoms with Gasteiger partial charge in [-0.2, -0.15) is 0 Å². The zero-order chi connectivity index (χ0) is 18.6. The lowest BCUT2D eigenvalue weighted by molar-refractivity contribution is 0.208. The van der Waals surface area contributed by atoms with Crippen molar-refractivity contribution in [1.29, 1.82) is 0 Å². The molecule has 1 aliphatic rings. The molecule has 0 saturated carbocycles. The number of carbonyl (C=O) groups excluding carboxylic acids is 1. The molecular weight excluding hydrogens is 349 g/mol. The van der Waals surface area contributed by atoms with Gasteiger partial charge in [-0.05, 0) is 18.2 Å². The third-order valence-corrected chi connectivity index (χ3v) is 4.37.